The van der Waals surface area contributed by atoms with Crippen molar-refractivity contribution in [1.82, 2.24) is 10.2 Å². The largest absolute Gasteiger partial charge is 0.452 e. The summed E-state index contributed by atoms with van der Waals surface area (Å²) in [6.07, 6.45) is -0.717. The van der Waals surface area contributed by atoms with Crippen LogP contribution in [0, 0.1) is 10.1 Å². The average Bonchev–Trinajstić information content (AvgIpc) is 3.19. The molecule has 3 rings (SSSR count). The summed E-state index contributed by atoms with van der Waals surface area (Å²) in [6.45, 7) is 3.41. The molecule has 28 heavy (non-hydrogen) atoms. The van der Waals surface area contributed by atoms with Crippen molar-refractivity contribution >= 4 is 23.4 Å². The van der Waals surface area contributed by atoms with Crippen LogP contribution in [0.25, 0.3) is 11.5 Å². The van der Waals surface area contributed by atoms with Crippen LogP contribution in [-0.4, -0.2) is 26.3 Å². The first-order chi connectivity index (χ1) is 13.4. The summed E-state index contributed by atoms with van der Waals surface area (Å²) in [7, 11) is 0. The smallest absolute Gasteiger partial charge is 0.319 e. The number of thioether (sulfide) groups is 1. The number of nitro benzene ring substituents is 1. The maximum absolute atomic E-state index is 12.3. The van der Waals surface area contributed by atoms with E-state index < -0.39 is 22.2 Å². The predicted molar refractivity (Wildman–Crippen MR) is 103 cm³/mol. The summed E-state index contributed by atoms with van der Waals surface area (Å²) in [5, 5.41) is 18.1. The first-order valence-corrected chi connectivity index (χ1v) is 9.32. The lowest BCUT2D eigenvalue weighted by atomic mass is 10.2. The molecule has 0 radical (unpaired) electrons. The third-order valence-corrected chi connectivity index (χ3v) is 4.88. The van der Waals surface area contributed by atoms with Crippen LogP contribution in [-0.2, 0) is 9.53 Å². The van der Waals surface area contributed by atoms with E-state index in [4.69, 9.17) is 9.15 Å². The van der Waals surface area contributed by atoms with E-state index in [1.165, 1.54) is 36.0 Å². The fourth-order valence-corrected chi connectivity index (χ4v) is 3.19. The van der Waals surface area contributed by atoms with E-state index in [1.54, 1.807) is 13.8 Å². The fraction of sp³-hybridized carbons (Fsp3) is 0.211. The van der Waals surface area contributed by atoms with E-state index in [0.29, 0.717) is 5.56 Å². The molecule has 0 saturated carbocycles. The van der Waals surface area contributed by atoms with Crippen LogP contribution in [0.5, 0.6) is 0 Å². The summed E-state index contributed by atoms with van der Waals surface area (Å²) < 4.78 is 11.0. The molecule has 2 aromatic carbocycles. The minimum absolute atomic E-state index is 0.0318. The number of aromatic nitrogens is 2. The second-order valence-electron chi connectivity index (χ2n) is 5.90. The summed E-state index contributed by atoms with van der Waals surface area (Å²) >= 11 is 1.40. The molecule has 8 nitrogen and oxygen atoms in total. The SMILES string of the molecule is C[C@@H](Sc1ccccc1)C(=O)O[C@H](C)c1nnc(-c2ccc([N+](=O)[O-])cc2)o1. The zero-order chi connectivity index (χ0) is 20.1. The molecule has 0 spiro atoms. The first-order valence-electron chi connectivity index (χ1n) is 8.44. The number of ether oxygens (including phenoxy) is 1. The highest BCUT2D eigenvalue weighted by molar-refractivity contribution is 8.00. The Kier molecular flexibility index (Phi) is 6.05. The highest BCUT2D eigenvalue weighted by atomic mass is 32.2. The number of carbonyl (C=O) groups is 1. The molecule has 0 aliphatic carbocycles. The molecule has 0 N–H and O–H groups in total. The molecule has 1 aromatic heterocycles. The van der Waals surface area contributed by atoms with Crippen LogP contribution in [0.2, 0.25) is 0 Å². The van der Waals surface area contributed by atoms with Crippen LogP contribution in [0.3, 0.4) is 0 Å². The number of rotatable bonds is 7. The van der Waals surface area contributed by atoms with E-state index >= 15 is 0 Å². The molecule has 1 heterocycles. The Morgan fingerprint density at radius 3 is 2.43 bits per heavy atom. The third kappa shape index (κ3) is 4.74. The van der Waals surface area contributed by atoms with Gasteiger partial charge in [-0.2, -0.15) is 0 Å². The van der Waals surface area contributed by atoms with Crippen LogP contribution < -0.4 is 0 Å². The van der Waals surface area contributed by atoms with Crippen molar-refractivity contribution in [3.63, 3.8) is 0 Å². The van der Waals surface area contributed by atoms with Crippen molar-refractivity contribution in [3.05, 3.63) is 70.6 Å². The van der Waals surface area contributed by atoms with Gasteiger partial charge >= 0.3 is 5.97 Å². The van der Waals surface area contributed by atoms with Gasteiger partial charge in [0.15, 0.2) is 6.10 Å². The second-order valence-corrected chi connectivity index (χ2v) is 7.32. The maximum Gasteiger partial charge on any atom is 0.319 e. The van der Waals surface area contributed by atoms with Gasteiger partial charge < -0.3 is 9.15 Å². The van der Waals surface area contributed by atoms with Crippen molar-refractivity contribution in [3.8, 4) is 11.5 Å². The van der Waals surface area contributed by atoms with Gasteiger partial charge in [0.2, 0.25) is 5.89 Å². The molecule has 0 bridgehead atoms. The number of carbonyl (C=O) groups excluding carboxylic acids is 1. The molecular formula is C19H17N3O5S. The number of nitro groups is 1. The average molecular weight is 399 g/mol. The molecule has 0 saturated heterocycles. The lowest BCUT2D eigenvalue weighted by Crippen LogP contribution is -2.19. The Labute approximate surface area is 165 Å². The first kappa shape index (κ1) is 19.6. The fourth-order valence-electron chi connectivity index (χ4n) is 2.31. The number of non-ortho nitro benzene ring substituents is 1. The summed E-state index contributed by atoms with van der Waals surface area (Å²) in [6, 6.07) is 15.3. The van der Waals surface area contributed by atoms with Gasteiger partial charge in [0, 0.05) is 22.6 Å². The highest BCUT2D eigenvalue weighted by Crippen LogP contribution is 2.27. The van der Waals surface area contributed by atoms with Crippen LogP contribution in [0.1, 0.15) is 25.8 Å². The molecule has 0 aliphatic heterocycles. The van der Waals surface area contributed by atoms with Gasteiger partial charge in [0.05, 0.1) is 4.92 Å². The van der Waals surface area contributed by atoms with E-state index in [9.17, 15) is 14.9 Å². The summed E-state index contributed by atoms with van der Waals surface area (Å²) in [5.74, 6) is -0.0467. The Morgan fingerprint density at radius 2 is 1.79 bits per heavy atom. The summed E-state index contributed by atoms with van der Waals surface area (Å²) in [5.41, 5.74) is 0.506. The number of hydrogen-bond acceptors (Lipinski definition) is 8. The van der Waals surface area contributed by atoms with Gasteiger partial charge in [-0.05, 0) is 38.1 Å². The number of hydrogen-bond donors (Lipinski definition) is 0. The molecular weight excluding hydrogens is 382 g/mol. The minimum Gasteiger partial charge on any atom is -0.452 e. The van der Waals surface area contributed by atoms with Crippen molar-refractivity contribution in [1.29, 1.82) is 0 Å². The van der Waals surface area contributed by atoms with Gasteiger partial charge in [-0.15, -0.1) is 22.0 Å². The minimum atomic E-state index is -0.717. The molecule has 144 valence electrons. The van der Waals surface area contributed by atoms with E-state index in [1.807, 2.05) is 30.3 Å². The second kappa shape index (κ2) is 8.66. The highest BCUT2D eigenvalue weighted by Gasteiger charge is 2.23. The monoisotopic (exact) mass is 399 g/mol. The zero-order valence-electron chi connectivity index (χ0n) is 15.1. The molecule has 9 heteroatoms. The Balaban J connectivity index is 1.62. The quantitative estimate of drug-likeness (QED) is 0.248. The molecule has 0 fully saturated rings. The number of benzene rings is 2. The van der Waals surface area contributed by atoms with Gasteiger partial charge in [0.1, 0.15) is 5.25 Å². The molecule has 0 amide bonds. The lowest BCUT2D eigenvalue weighted by Gasteiger charge is -2.14. The lowest BCUT2D eigenvalue weighted by molar-refractivity contribution is -0.384. The van der Waals surface area contributed by atoms with Crippen LogP contribution in [0.15, 0.2) is 63.9 Å². The molecule has 0 unspecified atom stereocenters. The number of nitrogens with zero attached hydrogens (tertiary/aromatic N) is 3. The molecule has 0 aliphatic rings. The topological polar surface area (TPSA) is 108 Å². The Bertz CT molecular complexity index is 959. The predicted octanol–water partition coefficient (Wildman–Crippen LogP) is 4.43. The number of esters is 1. The molecule has 2 atom stereocenters. The molecule has 3 aromatic rings. The van der Waals surface area contributed by atoms with Gasteiger partial charge in [-0.3, -0.25) is 14.9 Å². The van der Waals surface area contributed by atoms with Gasteiger partial charge in [-0.1, -0.05) is 18.2 Å². The van der Waals surface area contributed by atoms with E-state index in [2.05, 4.69) is 10.2 Å². The third-order valence-electron chi connectivity index (χ3n) is 3.79. The van der Waals surface area contributed by atoms with Crippen molar-refractivity contribution < 1.29 is 18.9 Å². The van der Waals surface area contributed by atoms with E-state index in [-0.39, 0.29) is 17.5 Å². The van der Waals surface area contributed by atoms with Crippen molar-refractivity contribution in [2.45, 2.75) is 30.1 Å². The zero-order valence-corrected chi connectivity index (χ0v) is 16.0. The van der Waals surface area contributed by atoms with Crippen molar-refractivity contribution in [2.24, 2.45) is 0 Å². The van der Waals surface area contributed by atoms with Gasteiger partial charge in [-0.25, -0.2) is 0 Å². The Morgan fingerprint density at radius 1 is 1.11 bits per heavy atom. The van der Waals surface area contributed by atoms with Crippen molar-refractivity contribution in [2.75, 3.05) is 0 Å². The van der Waals surface area contributed by atoms with Crippen LogP contribution >= 0.6 is 11.8 Å². The maximum atomic E-state index is 12.3. The van der Waals surface area contributed by atoms with Crippen LogP contribution in [0.4, 0.5) is 5.69 Å². The summed E-state index contributed by atoms with van der Waals surface area (Å²) in [4.78, 5) is 23.5. The Hall–Kier alpha value is -3.20. The standard InChI is InChI=1S/C19H17N3O5S/c1-12(26-19(23)13(2)28-16-6-4-3-5-7-16)17-20-21-18(27-17)14-8-10-15(11-9-14)22(24)25/h3-13H,1-2H3/t12-,13-/m1/s1. The normalized spacial score (nSPS) is 12.9. The van der Waals surface area contributed by atoms with E-state index in [0.717, 1.165) is 4.90 Å². The van der Waals surface area contributed by atoms with Gasteiger partial charge in [0.25, 0.3) is 11.6 Å².